The molecule has 2 saturated heterocycles. The maximum atomic E-state index is 13.0. The Morgan fingerprint density at radius 1 is 1.03 bits per heavy atom. The lowest BCUT2D eigenvalue weighted by Crippen LogP contribution is -2.52. The van der Waals surface area contributed by atoms with Crippen molar-refractivity contribution >= 4 is 23.1 Å². The number of thiophene rings is 1. The molecule has 1 aromatic heterocycles. The van der Waals surface area contributed by atoms with Gasteiger partial charge in [0.15, 0.2) is 0 Å². The van der Waals surface area contributed by atoms with Crippen LogP contribution in [0.3, 0.4) is 0 Å². The van der Waals surface area contributed by atoms with Crippen molar-refractivity contribution in [1.29, 1.82) is 0 Å². The molecule has 2 amide bonds. The minimum atomic E-state index is -4.35. The predicted molar refractivity (Wildman–Crippen MR) is 121 cm³/mol. The molecule has 174 valence electrons. The number of anilines is 1. The fourth-order valence-electron chi connectivity index (χ4n) is 4.36. The maximum absolute atomic E-state index is 13.0. The van der Waals surface area contributed by atoms with E-state index in [9.17, 15) is 18.0 Å². The van der Waals surface area contributed by atoms with Crippen molar-refractivity contribution in [3.63, 3.8) is 0 Å². The van der Waals surface area contributed by atoms with E-state index in [1.807, 2.05) is 4.90 Å². The summed E-state index contributed by atoms with van der Waals surface area (Å²) in [4.78, 5) is 20.1. The predicted octanol–water partition coefficient (Wildman–Crippen LogP) is 4.51. The Morgan fingerprint density at radius 2 is 1.78 bits per heavy atom. The number of piperidine rings is 1. The summed E-state index contributed by atoms with van der Waals surface area (Å²) in [6, 6.07) is 9.57. The molecule has 2 fully saturated rings. The molecular formula is C23H29F3N4OS. The maximum Gasteiger partial charge on any atom is 0.416 e. The van der Waals surface area contributed by atoms with Crippen LogP contribution in [0.15, 0.2) is 41.8 Å². The van der Waals surface area contributed by atoms with Gasteiger partial charge < -0.3 is 15.1 Å². The highest BCUT2D eigenvalue weighted by atomic mass is 32.1. The number of carbonyl (C=O) groups excluding carboxylic acids is 1. The Kier molecular flexibility index (Phi) is 7.25. The summed E-state index contributed by atoms with van der Waals surface area (Å²) in [6.07, 6.45) is -2.19. The summed E-state index contributed by atoms with van der Waals surface area (Å²) in [5.74, 6) is 0.491. The van der Waals surface area contributed by atoms with Gasteiger partial charge >= 0.3 is 12.2 Å². The average molecular weight is 467 g/mol. The van der Waals surface area contributed by atoms with Crippen LogP contribution in [-0.2, 0) is 12.7 Å². The third kappa shape index (κ3) is 5.95. The highest BCUT2D eigenvalue weighted by Gasteiger charge is 2.31. The van der Waals surface area contributed by atoms with Crippen molar-refractivity contribution in [2.45, 2.75) is 25.6 Å². The van der Waals surface area contributed by atoms with Crippen LogP contribution in [-0.4, -0.2) is 61.6 Å². The van der Waals surface area contributed by atoms with Crippen molar-refractivity contribution in [1.82, 2.24) is 15.1 Å². The summed E-state index contributed by atoms with van der Waals surface area (Å²) in [7, 11) is 0. The largest absolute Gasteiger partial charge is 0.416 e. The van der Waals surface area contributed by atoms with Gasteiger partial charge in [0.25, 0.3) is 0 Å². The molecule has 0 bridgehead atoms. The minimum Gasteiger partial charge on any atom is -0.368 e. The third-order valence-electron chi connectivity index (χ3n) is 6.31. The molecule has 0 aliphatic carbocycles. The van der Waals surface area contributed by atoms with E-state index in [1.165, 1.54) is 17.0 Å². The second-order valence-corrected chi connectivity index (χ2v) is 9.54. The molecule has 0 unspecified atom stereocenters. The van der Waals surface area contributed by atoms with Crippen LogP contribution in [0.4, 0.5) is 23.7 Å². The smallest absolute Gasteiger partial charge is 0.368 e. The van der Waals surface area contributed by atoms with E-state index in [-0.39, 0.29) is 6.03 Å². The zero-order valence-electron chi connectivity index (χ0n) is 18.0. The van der Waals surface area contributed by atoms with Gasteiger partial charge in [0.2, 0.25) is 0 Å². The molecule has 2 aliphatic rings. The van der Waals surface area contributed by atoms with Gasteiger partial charge in [-0.3, -0.25) is 4.90 Å². The highest BCUT2D eigenvalue weighted by Crippen LogP contribution is 2.32. The SMILES string of the molecule is O=C(NCC1CCN(Cc2cccs2)CC1)N1CCN(c2cccc(C(F)(F)F)c2)CC1. The van der Waals surface area contributed by atoms with Crippen LogP contribution in [0.25, 0.3) is 0 Å². The molecule has 2 aliphatic heterocycles. The molecule has 2 aromatic rings. The van der Waals surface area contributed by atoms with Crippen LogP contribution in [0.2, 0.25) is 0 Å². The summed E-state index contributed by atoms with van der Waals surface area (Å²) >= 11 is 1.79. The molecule has 3 heterocycles. The summed E-state index contributed by atoms with van der Waals surface area (Å²) in [5.41, 5.74) is -0.0919. The van der Waals surface area contributed by atoms with Gasteiger partial charge in [0.1, 0.15) is 0 Å². The van der Waals surface area contributed by atoms with Crippen molar-refractivity contribution in [2.24, 2.45) is 5.92 Å². The number of amides is 2. The number of hydrogen-bond acceptors (Lipinski definition) is 4. The quantitative estimate of drug-likeness (QED) is 0.705. The van der Waals surface area contributed by atoms with E-state index >= 15 is 0 Å². The first-order valence-corrected chi connectivity index (χ1v) is 12.0. The van der Waals surface area contributed by atoms with E-state index < -0.39 is 11.7 Å². The number of rotatable bonds is 5. The zero-order chi connectivity index (χ0) is 22.6. The molecular weight excluding hydrogens is 437 g/mol. The van der Waals surface area contributed by atoms with E-state index in [0.717, 1.165) is 38.5 Å². The Hall–Kier alpha value is -2.26. The van der Waals surface area contributed by atoms with Gasteiger partial charge in [-0.1, -0.05) is 12.1 Å². The van der Waals surface area contributed by atoms with Crippen LogP contribution in [0.5, 0.6) is 0 Å². The first-order chi connectivity index (χ1) is 15.4. The monoisotopic (exact) mass is 466 g/mol. The number of nitrogens with zero attached hydrogens (tertiary/aromatic N) is 3. The minimum absolute atomic E-state index is 0.0743. The van der Waals surface area contributed by atoms with Crippen molar-refractivity contribution < 1.29 is 18.0 Å². The van der Waals surface area contributed by atoms with Gasteiger partial charge in [-0.25, -0.2) is 4.79 Å². The number of urea groups is 1. The fraction of sp³-hybridized carbons (Fsp3) is 0.522. The Bertz CT molecular complexity index is 874. The molecule has 4 rings (SSSR count). The molecule has 0 saturated carbocycles. The van der Waals surface area contributed by atoms with Gasteiger partial charge in [0.05, 0.1) is 5.56 Å². The van der Waals surface area contributed by atoms with Crippen molar-refractivity contribution in [3.05, 3.63) is 52.2 Å². The number of halogens is 3. The van der Waals surface area contributed by atoms with Gasteiger partial charge in [0, 0.05) is 49.8 Å². The Morgan fingerprint density at radius 3 is 2.44 bits per heavy atom. The number of alkyl halides is 3. The van der Waals surface area contributed by atoms with Crippen LogP contribution < -0.4 is 10.2 Å². The van der Waals surface area contributed by atoms with E-state index in [1.54, 1.807) is 22.3 Å². The summed E-state index contributed by atoms with van der Waals surface area (Å²) in [5, 5.41) is 5.18. The van der Waals surface area contributed by atoms with E-state index in [4.69, 9.17) is 0 Å². The normalized spacial score (nSPS) is 18.7. The number of piperazine rings is 1. The molecule has 1 N–H and O–H groups in total. The lowest BCUT2D eigenvalue weighted by molar-refractivity contribution is -0.137. The molecule has 32 heavy (non-hydrogen) atoms. The molecule has 0 radical (unpaired) electrons. The number of benzene rings is 1. The number of carbonyl (C=O) groups is 1. The standard InChI is InChI=1S/C23H29F3N4OS/c24-23(25,26)19-3-1-4-20(15-19)29-10-12-30(13-11-29)22(31)27-16-18-6-8-28(9-7-18)17-21-5-2-14-32-21/h1-5,14-15,18H,6-13,16-17H2,(H,27,31). The fourth-order valence-corrected chi connectivity index (χ4v) is 5.11. The molecule has 5 nitrogen and oxygen atoms in total. The lowest BCUT2D eigenvalue weighted by atomic mass is 9.97. The first kappa shape index (κ1) is 22.9. The van der Waals surface area contributed by atoms with Gasteiger partial charge in [-0.05, 0) is 61.5 Å². The molecule has 0 atom stereocenters. The van der Waals surface area contributed by atoms with Crippen molar-refractivity contribution in [2.75, 3.05) is 50.7 Å². The van der Waals surface area contributed by atoms with Crippen molar-refractivity contribution in [3.8, 4) is 0 Å². The first-order valence-electron chi connectivity index (χ1n) is 11.1. The molecule has 9 heteroatoms. The third-order valence-corrected chi connectivity index (χ3v) is 7.18. The topological polar surface area (TPSA) is 38.8 Å². The van der Waals surface area contributed by atoms with E-state index in [2.05, 4.69) is 27.7 Å². The number of hydrogen-bond donors (Lipinski definition) is 1. The Balaban J connectivity index is 1.18. The van der Waals surface area contributed by atoms with Crippen LogP contribution in [0, 0.1) is 5.92 Å². The van der Waals surface area contributed by atoms with E-state index in [0.29, 0.717) is 44.3 Å². The molecule has 1 aromatic carbocycles. The second-order valence-electron chi connectivity index (χ2n) is 8.51. The van der Waals surface area contributed by atoms with Crippen LogP contribution >= 0.6 is 11.3 Å². The number of likely N-dealkylation sites (tertiary alicyclic amines) is 1. The zero-order valence-corrected chi connectivity index (χ0v) is 18.8. The second kappa shape index (κ2) is 10.1. The van der Waals surface area contributed by atoms with Gasteiger partial charge in [-0.15, -0.1) is 11.3 Å². The number of nitrogens with one attached hydrogen (secondary N) is 1. The van der Waals surface area contributed by atoms with Gasteiger partial charge in [-0.2, -0.15) is 13.2 Å². The lowest BCUT2D eigenvalue weighted by Gasteiger charge is -2.37. The summed E-state index contributed by atoms with van der Waals surface area (Å²) in [6.45, 7) is 5.84. The Labute approximate surface area is 190 Å². The highest BCUT2D eigenvalue weighted by molar-refractivity contribution is 7.09. The summed E-state index contributed by atoms with van der Waals surface area (Å²) < 4.78 is 38.9. The average Bonchev–Trinajstić information content (AvgIpc) is 3.31. The molecule has 0 spiro atoms. The van der Waals surface area contributed by atoms with Crippen LogP contribution in [0.1, 0.15) is 23.3 Å².